The maximum atomic E-state index is 12.9. The van der Waals surface area contributed by atoms with Crippen molar-refractivity contribution in [2.24, 2.45) is 5.16 Å². The van der Waals surface area contributed by atoms with Crippen LogP contribution in [0.4, 0.5) is 5.69 Å². The summed E-state index contributed by atoms with van der Waals surface area (Å²) in [4.78, 5) is 27.0. The standard InChI is InChI=1S/C20H14N2O3/c1-12(21-25)13-8-10-15(11-9-13)22-19(23)16-6-2-4-14-5-3-7-17(18(14)16)20(22)24/h2-11,25H,1H3/b21-12+. The molecule has 25 heavy (non-hydrogen) atoms. The molecule has 2 amide bonds. The normalized spacial score (nSPS) is 14.3. The molecule has 0 fully saturated rings. The van der Waals surface area contributed by atoms with Crippen LogP contribution >= 0.6 is 0 Å². The Bertz CT molecular complexity index is 1000. The summed E-state index contributed by atoms with van der Waals surface area (Å²) in [6, 6.07) is 17.7. The second kappa shape index (κ2) is 5.56. The topological polar surface area (TPSA) is 70.0 Å². The van der Waals surface area contributed by atoms with Crippen LogP contribution in [0.15, 0.2) is 65.8 Å². The Morgan fingerprint density at radius 2 is 1.44 bits per heavy atom. The molecule has 0 saturated carbocycles. The monoisotopic (exact) mass is 330 g/mol. The number of nitrogens with zero attached hydrogens (tertiary/aromatic N) is 2. The molecule has 5 heteroatoms. The average Bonchev–Trinajstić information content (AvgIpc) is 2.66. The summed E-state index contributed by atoms with van der Waals surface area (Å²) in [6.45, 7) is 1.67. The molecule has 3 aromatic carbocycles. The fraction of sp³-hybridized carbons (Fsp3) is 0.0500. The summed E-state index contributed by atoms with van der Waals surface area (Å²) in [6.07, 6.45) is 0. The third-order valence-electron chi connectivity index (χ3n) is 4.46. The van der Waals surface area contributed by atoms with Gasteiger partial charge in [-0.2, -0.15) is 0 Å². The highest BCUT2D eigenvalue weighted by molar-refractivity contribution is 6.35. The van der Waals surface area contributed by atoms with Gasteiger partial charge in [-0.1, -0.05) is 41.6 Å². The maximum absolute atomic E-state index is 12.9. The van der Waals surface area contributed by atoms with Crippen molar-refractivity contribution in [2.45, 2.75) is 6.92 Å². The summed E-state index contributed by atoms with van der Waals surface area (Å²) in [7, 11) is 0. The Morgan fingerprint density at radius 1 is 0.880 bits per heavy atom. The van der Waals surface area contributed by atoms with Crippen molar-refractivity contribution < 1.29 is 14.8 Å². The number of carbonyl (C=O) groups excluding carboxylic acids is 2. The number of oxime groups is 1. The zero-order chi connectivity index (χ0) is 17.6. The predicted molar refractivity (Wildman–Crippen MR) is 95.5 cm³/mol. The van der Waals surface area contributed by atoms with Crippen molar-refractivity contribution in [3.05, 3.63) is 77.4 Å². The minimum Gasteiger partial charge on any atom is -0.411 e. The predicted octanol–water partition coefficient (Wildman–Crippen LogP) is 3.84. The molecular formula is C20H14N2O3. The van der Waals surface area contributed by atoms with Crippen molar-refractivity contribution in [2.75, 3.05) is 4.90 Å². The van der Waals surface area contributed by atoms with Crippen LogP contribution < -0.4 is 4.90 Å². The average molecular weight is 330 g/mol. The number of hydrogen-bond donors (Lipinski definition) is 1. The van der Waals surface area contributed by atoms with E-state index in [2.05, 4.69) is 5.16 Å². The molecule has 4 rings (SSSR count). The molecule has 1 N–H and O–H groups in total. The van der Waals surface area contributed by atoms with E-state index < -0.39 is 0 Å². The van der Waals surface area contributed by atoms with Gasteiger partial charge in [-0.3, -0.25) is 9.59 Å². The summed E-state index contributed by atoms with van der Waals surface area (Å²) >= 11 is 0. The lowest BCUT2D eigenvalue weighted by atomic mass is 9.93. The first kappa shape index (κ1) is 15.1. The number of carbonyl (C=O) groups is 2. The van der Waals surface area contributed by atoms with Gasteiger partial charge in [0.15, 0.2) is 0 Å². The SMILES string of the molecule is C/C(=N\O)c1ccc(N2C(=O)c3cccc4cccc(c34)C2=O)cc1. The molecule has 0 atom stereocenters. The van der Waals surface area contributed by atoms with Gasteiger partial charge in [0.25, 0.3) is 11.8 Å². The Labute approximate surface area is 143 Å². The maximum Gasteiger partial charge on any atom is 0.265 e. The number of imide groups is 1. The van der Waals surface area contributed by atoms with E-state index in [1.54, 1.807) is 43.3 Å². The lowest BCUT2D eigenvalue weighted by Gasteiger charge is -2.27. The van der Waals surface area contributed by atoms with Crippen molar-refractivity contribution in [1.29, 1.82) is 0 Å². The highest BCUT2D eigenvalue weighted by Gasteiger charge is 2.33. The first-order valence-corrected chi connectivity index (χ1v) is 7.81. The number of hydrogen-bond acceptors (Lipinski definition) is 4. The molecule has 1 aliphatic heterocycles. The van der Waals surface area contributed by atoms with Crippen LogP contribution in [0.25, 0.3) is 10.8 Å². The van der Waals surface area contributed by atoms with E-state index in [9.17, 15) is 9.59 Å². The fourth-order valence-corrected chi connectivity index (χ4v) is 3.17. The largest absolute Gasteiger partial charge is 0.411 e. The van der Waals surface area contributed by atoms with Gasteiger partial charge in [-0.15, -0.1) is 0 Å². The van der Waals surface area contributed by atoms with Gasteiger partial charge in [0.1, 0.15) is 0 Å². The zero-order valence-electron chi connectivity index (χ0n) is 13.4. The highest BCUT2D eigenvalue weighted by Crippen LogP contribution is 2.32. The molecule has 5 nitrogen and oxygen atoms in total. The third-order valence-corrected chi connectivity index (χ3v) is 4.46. The molecule has 0 aromatic heterocycles. The van der Waals surface area contributed by atoms with Gasteiger partial charge < -0.3 is 5.21 Å². The van der Waals surface area contributed by atoms with Gasteiger partial charge in [0.05, 0.1) is 11.4 Å². The third kappa shape index (κ3) is 2.21. The zero-order valence-corrected chi connectivity index (χ0v) is 13.4. The van der Waals surface area contributed by atoms with E-state index in [4.69, 9.17) is 5.21 Å². The number of anilines is 1. The van der Waals surface area contributed by atoms with E-state index in [-0.39, 0.29) is 11.8 Å². The van der Waals surface area contributed by atoms with Crippen molar-refractivity contribution >= 4 is 34.0 Å². The lowest BCUT2D eigenvalue weighted by molar-refractivity contribution is 0.0893. The number of amides is 2. The van der Waals surface area contributed by atoms with Crippen LogP contribution in [0.1, 0.15) is 33.2 Å². The highest BCUT2D eigenvalue weighted by atomic mass is 16.4. The molecule has 1 aliphatic rings. The van der Waals surface area contributed by atoms with Crippen LogP contribution in [0.5, 0.6) is 0 Å². The molecule has 0 aliphatic carbocycles. The van der Waals surface area contributed by atoms with Crippen molar-refractivity contribution in [3.63, 3.8) is 0 Å². The van der Waals surface area contributed by atoms with Crippen LogP contribution in [0, 0.1) is 0 Å². The van der Waals surface area contributed by atoms with Gasteiger partial charge in [-0.25, -0.2) is 4.90 Å². The van der Waals surface area contributed by atoms with E-state index in [0.29, 0.717) is 33.5 Å². The summed E-state index contributed by atoms with van der Waals surface area (Å²) in [5.41, 5.74) is 2.69. The van der Waals surface area contributed by atoms with E-state index in [0.717, 1.165) is 5.39 Å². The molecule has 1 heterocycles. The lowest BCUT2D eigenvalue weighted by Crippen LogP contribution is -2.40. The van der Waals surface area contributed by atoms with Crippen LogP contribution in [0.2, 0.25) is 0 Å². The Morgan fingerprint density at radius 3 is 1.96 bits per heavy atom. The molecule has 0 spiro atoms. The molecule has 0 bridgehead atoms. The van der Waals surface area contributed by atoms with Gasteiger partial charge >= 0.3 is 0 Å². The van der Waals surface area contributed by atoms with Gasteiger partial charge in [0, 0.05) is 16.5 Å². The Kier molecular flexibility index (Phi) is 3.35. The first-order valence-electron chi connectivity index (χ1n) is 7.81. The van der Waals surface area contributed by atoms with Crippen LogP contribution in [0.3, 0.4) is 0 Å². The summed E-state index contributed by atoms with van der Waals surface area (Å²) < 4.78 is 0. The van der Waals surface area contributed by atoms with Gasteiger partial charge in [-0.05, 0) is 42.1 Å². The van der Waals surface area contributed by atoms with Crippen LogP contribution in [-0.2, 0) is 0 Å². The molecular weight excluding hydrogens is 316 g/mol. The van der Waals surface area contributed by atoms with E-state index >= 15 is 0 Å². The minimum atomic E-state index is -0.338. The molecule has 0 unspecified atom stereocenters. The molecule has 0 radical (unpaired) electrons. The van der Waals surface area contributed by atoms with E-state index in [1.165, 1.54) is 4.90 Å². The first-order chi connectivity index (χ1) is 12.1. The summed E-state index contributed by atoms with van der Waals surface area (Å²) in [5, 5.41) is 13.6. The molecule has 122 valence electrons. The quantitative estimate of drug-likeness (QED) is 0.336. The Balaban J connectivity index is 1.85. The number of rotatable bonds is 2. The van der Waals surface area contributed by atoms with Crippen molar-refractivity contribution in [3.8, 4) is 0 Å². The molecule has 0 saturated heterocycles. The van der Waals surface area contributed by atoms with Crippen molar-refractivity contribution in [1.82, 2.24) is 0 Å². The Hall–Kier alpha value is -3.47. The minimum absolute atomic E-state index is 0.338. The number of benzene rings is 3. The molecule has 3 aromatic rings. The second-order valence-corrected chi connectivity index (χ2v) is 5.89. The van der Waals surface area contributed by atoms with Crippen LogP contribution in [-0.4, -0.2) is 22.7 Å². The fourth-order valence-electron chi connectivity index (χ4n) is 3.17. The van der Waals surface area contributed by atoms with Gasteiger partial charge in [0.2, 0.25) is 0 Å². The second-order valence-electron chi connectivity index (χ2n) is 5.89. The smallest absolute Gasteiger partial charge is 0.265 e. The van der Waals surface area contributed by atoms with E-state index in [1.807, 2.05) is 24.3 Å². The summed E-state index contributed by atoms with van der Waals surface area (Å²) in [5.74, 6) is -0.677.